The number of nitrogens with one attached hydrogen (secondary N) is 1. The smallest absolute Gasteiger partial charge is 0.0441 e. The summed E-state index contributed by atoms with van der Waals surface area (Å²) in [6.07, 6.45) is 7.77. The highest BCUT2D eigenvalue weighted by molar-refractivity contribution is 6.31. The lowest BCUT2D eigenvalue weighted by Gasteiger charge is -2.33. The fraction of sp³-hybridized carbons (Fsp3) is 0.684. The van der Waals surface area contributed by atoms with E-state index in [1.54, 1.807) is 0 Å². The largest absolute Gasteiger partial charge is 0.313 e. The lowest BCUT2D eigenvalue weighted by atomic mass is 9.77. The molecular weight excluding hydrogens is 278 g/mol. The van der Waals surface area contributed by atoms with Crippen LogP contribution in [0.5, 0.6) is 0 Å². The Hall–Kier alpha value is -0.530. The Kier molecular flexibility index (Phi) is 6.57. The Morgan fingerprint density at radius 3 is 2.57 bits per heavy atom. The topological polar surface area (TPSA) is 12.0 Å². The highest BCUT2D eigenvalue weighted by Gasteiger charge is 2.26. The molecule has 1 nitrogen and oxygen atoms in total. The van der Waals surface area contributed by atoms with Crippen molar-refractivity contribution in [3.05, 3.63) is 34.3 Å². The molecule has 118 valence electrons. The molecule has 0 spiro atoms. The summed E-state index contributed by atoms with van der Waals surface area (Å²) in [5.74, 6) is 1.72. The predicted octanol–water partition coefficient (Wildman–Crippen LogP) is 5.39. The van der Waals surface area contributed by atoms with Crippen molar-refractivity contribution in [3.63, 3.8) is 0 Å². The molecule has 2 heteroatoms. The summed E-state index contributed by atoms with van der Waals surface area (Å²) < 4.78 is 0. The van der Waals surface area contributed by atoms with Gasteiger partial charge in [-0.2, -0.15) is 0 Å². The summed E-state index contributed by atoms with van der Waals surface area (Å²) in [6.45, 7) is 7.85. The van der Waals surface area contributed by atoms with E-state index in [0.29, 0.717) is 6.04 Å². The zero-order chi connectivity index (χ0) is 15.2. The predicted molar refractivity (Wildman–Crippen MR) is 93.1 cm³/mol. The maximum Gasteiger partial charge on any atom is 0.0441 e. The van der Waals surface area contributed by atoms with Crippen molar-refractivity contribution in [2.24, 2.45) is 11.8 Å². The third-order valence-electron chi connectivity index (χ3n) is 4.93. The van der Waals surface area contributed by atoms with Crippen molar-refractivity contribution in [2.45, 2.75) is 65.3 Å². The van der Waals surface area contributed by atoms with Crippen LogP contribution in [0.3, 0.4) is 0 Å². The van der Waals surface area contributed by atoms with Crippen LogP contribution >= 0.6 is 11.6 Å². The standard InChI is InChI=1S/C19H30ClN/c1-4-11-21-19(16-8-5-14(2)6-9-16)13-17-10-7-15(3)12-18(17)20/h7,10,12,14,16,19,21H,4-6,8-9,11,13H2,1-3H3. The molecule has 0 bridgehead atoms. The normalized spacial score (nSPS) is 24.0. The molecule has 1 atom stereocenters. The molecular formula is C19H30ClN. The average Bonchev–Trinajstić information content (AvgIpc) is 2.46. The molecule has 1 aliphatic carbocycles. The van der Waals surface area contributed by atoms with Gasteiger partial charge >= 0.3 is 0 Å². The Labute approximate surface area is 135 Å². The van der Waals surface area contributed by atoms with E-state index >= 15 is 0 Å². The number of halogens is 1. The van der Waals surface area contributed by atoms with E-state index < -0.39 is 0 Å². The molecule has 0 radical (unpaired) electrons. The number of hydrogen-bond acceptors (Lipinski definition) is 1. The summed E-state index contributed by atoms with van der Waals surface area (Å²) in [5, 5.41) is 4.72. The third-order valence-corrected chi connectivity index (χ3v) is 5.29. The molecule has 21 heavy (non-hydrogen) atoms. The molecule has 0 aliphatic heterocycles. The van der Waals surface area contributed by atoms with Gasteiger partial charge in [-0.25, -0.2) is 0 Å². The molecule has 1 N–H and O–H groups in total. The van der Waals surface area contributed by atoms with Crippen LogP contribution < -0.4 is 5.32 Å². The molecule has 1 fully saturated rings. The molecule has 0 saturated heterocycles. The molecule has 1 aliphatic rings. The summed E-state index contributed by atoms with van der Waals surface area (Å²) >= 11 is 6.44. The molecule has 0 amide bonds. The first-order valence-corrected chi connectivity index (χ1v) is 8.96. The van der Waals surface area contributed by atoms with Gasteiger partial charge in [0.2, 0.25) is 0 Å². The highest BCUT2D eigenvalue weighted by atomic mass is 35.5. The van der Waals surface area contributed by atoms with Crippen LogP contribution in [0.1, 0.15) is 57.1 Å². The van der Waals surface area contributed by atoms with Gasteiger partial charge in [0.05, 0.1) is 0 Å². The Morgan fingerprint density at radius 1 is 1.24 bits per heavy atom. The van der Waals surface area contributed by atoms with E-state index in [9.17, 15) is 0 Å². The number of aryl methyl sites for hydroxylation is 1. The van der Waals surface area contributed by atoms with Crippen LogP contribution in [0.15, 0.2) is 18.2 Å². The first kappa shape index (κ1) is 16.8. The van der Waals surface area contributed by atoms with E-state index in [1.165, 1.54) is 43.2 Å². The zero-order valence-electron chi connectivity index (χ0n) is 13.8. The van der Waals surface area contributed by atoms with Crippen molar-refractivity contribution in [1.82, 2.24) is 5.32 Å². The zero-order valence-corrected chi connectivity index (χ0v) is 14.5. The third kappa shape index (κ3) is 5.00. The van der Waals surface area contributed by atoms with Gasteiger partial charge in [0.15, 0.2) is 0 Å². The molecule has 2 rings (SSSR count). The maximum atomic E-state index is 6.44. The van der Waals surface area contributed by atoms with Crippen molar-refractivity contribution in [1.29, 1.82) is 0 Å². The summed E-state index contributed by atoms with van der Waals surface area (Å²) in [7, 11) is 0. The van der Waals surface area contributed by atoms with Gasteiger partial charge in [0.1, 0.15) is 0 Å². The van der Waals surface area contributed by atoms with Crippen LogP contribution in [-0.2, 0) is 6.42 Å². The first-order chi connectivity index (χ1) is 10.1. The van der Waals surface area contributed by atoms with Gasteiger partial charge in [-0.05, 0) is 68.2 Å². The minimum atomic E-state index is 0.581. The number of benzene rings is 1. The fourth-order valence-corrected chi connectivity index (χ4v) is 3.79. The summed E-state index contributed by atoms with van der Waals surface area (Å²) in [5.41, 5.74) is 2.54. The molecule has 0 heterocycles. The Morgan fingerprint density at radius 2 is 1.95 bits per heavy atom. The fourth-order valence-electron chi connectivity index (χ4n) is 3.48. The highest BCUT2D eigenvalue weighted by Crippen LogP contribution is 2.32. The summed E-state index contributed by atoms with van der Waals surface area (Å²) in [6, 6.07) is 7.07. The lowest BCUT2D eigenvalue weighted by Crippen LogP contribution is -2.40. The lowest BCUT2D eigenvalue weighted by molar-refractivity contribution is 0.229. The number of rotatable bonds is 6. The minimum absolute atomic E-state index is 0.581. The van der Waals surface area contributed by atoms with Crippen LogP contribution in [-0.4, -0.2) is 12.6 Å². The van der Waals surface area contributed by atoms with E-state index in [0.717, 1.165) is 29.8 Å². The van der Waals surface area contributed by atoms with Gasteiger partial charge in [0, 0.05) is 11.1 Å². The van der Waals surface area contributed by atoms with E-state index in [4.69, 9.17) is 11.6 Å². The second-order valence-electron chi connectivity index (χ2n) is 6.88. The van der Waals surface area contributed by atoms with Crippen molar-refractivity contribution in [3.8, 4) is 0 Å². The Balaban J connectivity index is 2.04. The van der Waals surface area contributed by atoms with E-state index in [-0.39, 0.29) is 0 Å². The second kappa shape index (κ2) is 8.19. The second-order valence-corrected chi connectivity index (χ2v) is 7.29. The van der Waals surface area contributed by atoms with Crippen LogP contribution in [0.2, 0.25) is 5.02 Å². The van der Waals surface area contributed by atoms with Gasteiger partial charge in [-0.1, -0.05) is 50.4 Å². The minimum Gasteiger partial charge on any atom is -0.313 e. The van der Waals surface area contributed by atoms with Crippen molar-refractivity contribution >= 4 is 11.6 Å². The van der Waals surface area contributed by atoms with Crippen molar-refractivity contribution in [2.75, 3.05) is 6.54 Å². The quantitative estimate of drug-likeness (QED) is 0.743. The first-order valence-electron chi connectivity index (χ1n) is 8.58. The molecule has 1 saturated carbocycles. The van der Waals surface area contributed by atoms with Crippen LogP contribution in [0.25, 0.3) is 0 Å². The van der Waals surface area contributed by atoms with Crippen LogP contribution in [0, 0.1) is 18.8 Å². The van der Waals surface area contributed by atoms with E-state index in [2.05, 4.69) is 44.3 Å². The van der Waals surface area contributed by atoms with Crippen LogP contribution in [0.4, 0.5) is 0 Å². The van der Waals surface area contributed by atoms with Gasteiger partial charge in [-0.15, -0.1) is 0 Å². The average molecular weight is 308 g/mol. The van der Waals surface area contributed by atoms with Gasteiger partial charge < -0.3 is 5.32 Å². The summed E-state index contributed by atoms with van der Waals surface area (Å²) in [4.78, 5) is 0. The molecule has 1 aromatic rings. The van der Waals surface area contributed by atoms with Crippen molar-refractivity contribution < 1.29 is 0 Å². The molecule has 1 aromatic carbocycles. The SMILES string of the molecule is CCCNC(Cc1ccc(C)cc1Cl)C1CCC(C)CC1. The molecule has 0 aromatic heterocycles. The number of hydrogen-bond donors (Lipinski definition) is 1. The van der Waals surface area contributed by atoms with Gasteiger partial charge in [0.25, 0.3) is 0 Å². The Bertz CT molecular complexity index is 435. The monoisotopic (exact) mass is 307 g/mol. The molecule has 1 unspecified atom stereocenters. The maximum absolute atomic E-state index is 6.44. The van der Waals surface area contributed by atoms with E-state index in [1.807, 2.05) is 0 Å². The van der Waals surface area contributed by atoms with Gasteiger partial charge in [-0.3, -0.25) is 0 Å².